The van der Waals surface area contributed by atoms with Crippen molar-refractivity contribution in [3.05, 3.63) is 54.1 Å². The number of halogens is 1. The third-order valence-electron chi connectivity index (χ3n) is 5.08. The van der Waals surface area contributed by atoms with Gasteiger partial charge in [-0.3, -0.25) is 9.78 Å². The standard InChI is InChI=1S/C21H23FN4OS/c22-17-8-4-3-7-16(17)15-28-21-24-18-9-10-23-13-19(18)26(21)14-20(27)25-11-5-1-2-6-12-25/h3-4,7-10,13H,1-2,5-6,11-12,14-15H2. The van der Waals surface area contributed by atoms with Crippen molar-refractivity contribution >= 4 is 28.7 Å². The lowest BCUT2D eigenvalue weighted by molar-refractivity contribution is -0.131. The second-order valence-corrected chi connectivity index (χ2v) is 7.96. The minimum atomic E-state index is -0.222. The first-order chi connectivity index (χ1) is 13.7. The lowest BCUT2D eigenvalue weighted by Crippen LogP contribution is -2.34. The zero-order chi connectivity index (χ0) is 19.3. The van der Waals surface area contributed by atoms with Gasteiger partial charge in [-0.25, -0.2) is 9.37 Å². The number of pyridine rings is 1. The molecular weight excluding hydrogens is 375 g/mol. The number of hydrogen-bond acceptors (Lipinski definition) is 4. The second-order valence-electron chi connectivity index (χ2n) is 7.02. The van der Waals surface area contributed by atoms with Crippen LogP contribution in [0.15, 0.2) is 47.9 Å². The van der Waals surface area contributed by atoms with Gasteiger partial charge in [0.2, 0.25) is 5.91 Å². The molecule has 7 heteroatoms. The number of carbonyl (C=O) groups excluding carboxylic acids is 1. The Bertz CT molecular complexity index is 966. The number of nitrogens with zero attached hydrogens (tertiary/aromatic N) is 4. The Morgan fingerprint density at radius 2 is 1.89 bits per heavy atom. The fourth-order valence-corrected chi connectivity index (χ4v) is 4.52. The minimum Gasteiger partial charge on any atom is -0.341 e. The summed E-state index contributed by atoms with van der Waals surface area (Å²) in [6.45, 7) is 1.88. The van der Waals surface area contributed by atoms with E-state index in [0.29, 0.717) is 11.3 Å². The summed E-state index contributed by atoms with van der Waals surface area (Å²) >= 11 is 1.45. The molecule has 0 aliphatic carbocycles. The maximum absolute atomic E-state index is 14.0. The molecule has 1 aromatic carbocycles. The van der Waals surface area contributed by atoms with Gasteiger partial charge in [0.1, 0.15) is 12.4 Å². The van der Waals surface area contributed by atoms with E-state index in [4.69, 9.17) is 0 Å². The van der Waals surface area contributed by atoms with Crippen molar-refractivity contribution in [2.45, 2.75) is 43.1 Å². The molecule has 146 valence electrons. The molecule has 28 heavy (non-hydrogen) atoms. The molecule has 1 amide bonds. The number of imidazole rings is 1. The lowest BCUT2D eigenvalue weighted by atomic mass is 10.2. The summed E-state index contributed by atoms with van der Waals surface area (Å²) in [7, 11) is 0. The lowest BCUT2D eigenvalue weighted by Gasteiger charge is -2.21. The van der Waals surface area contributed by atoms with Crippen LogP contribution in [-0.2, 0) is 17.1 Å². The van der Waals surface area contributed by atoms with Crippen LogP contribution in [-0.4, -0.2) is 38.4 Å². The number of thioether (sulfide) groups is 1. The van der Waals surface area contributed by atoms with Crippen LogP contribution in [0.2, 0.25) is 0 Å². The number of carbonyl (C=O) groups is 1. The van der Waals surface area contributed by atoms with E-state index in [2.05, 4.69) is 9.97 Å². The third kappa shape index (κ3) is 4.19. The number of likely N-dealkylation sites (tertiary alicyclic amines) is 1. The van der Waals surface area contributed by atoms with Crippen LogP contribution < -0.4 is 0 Å². The molecule has 3 aromatic rings. The summed E-state index contributed by atoms with van der Waals surface area (Å²) in [5.41, 5.74) is 2.26. The number of benzene rings is 1. The van der Waals surface area contributed by atoms with E-state index in [0.717, 1.165) is 42.1 Å². The van der Waals surface area contributed by atoms with Gasteiger partial charge in [-0.05, 0) is 30.5 Å². The number of fused-ring (bicyclic) bond motifs is 1. The first kappa shape index (κ1) is 18.9. The predicted molar refractivity (Wildman–Crippen MR) is 109 cm³/mol. The maximum atomic E-state index is 14.0. The van der Waals surface area contributed by atoms with Gasteiger partial charge in [-0.15, -0.1) is 0 Å². The van der Waals surface area contributed by atoms with Crippen LogP contribution >= 0.6 is 11.8 Å². The van der Waals surface area contributed by atoms with Gasteiger partial charge in [0, 0.05) is 25.0 Å². The van der Waals surface area contributed by atoms with E-state index in [1.807, 2.05) is 21.6 Å². The number of hydrogen-bond donors (Lipinski definition) is 0. The van der Waals surface area contributed by atoms with Crippen molar-refractivity contribution in [2.24, 2.45) is 0 Å². The maximum Gasteiger partial charge on any atom is 0.242 e. The molecule has 1 aliphatic rings. The number of aromatic nitrogens is 3. The summed E-state index contributed by atoms with van der Waals surface area (Å²) in [5.74, 6) is 0.346. The topological polar surface area (TPSA) is 51.0 Å². The fraction of sp³-hybridized carbons (Fsp3) is 0.381. The quantitative estimate of drug-likeness (QED) is 0.603. The number of rotatable bonds is 5. The van der Waals surface area contributed by atoms with Gasteiger partial charge in [0.15, 0.2) is 5.16 Å². The van der Waals surface area contributed by atoms with E-state index < -0.39 is 0 Å². The second kappa shape index (κ2) is 8.73. The molecule has 1 fully saturated rings. The largest absolute Gasteiger partial charge is 0.341 e. The average molecular weight is 399 g/mol. The van der Waals surface area contributed by atoms with Crippen LogP contribution in [0.1, 0.15) is 31.2 Å². The van der Waals surface area contributed by atoms with E-state index in [9.17, 15) is 9.18 Å². The van der Waals surface area contributed by atoms with Gasteiger partial charge in [-0.2, -0.15) is 0 Å². The Morgan fingerprint density at radius 3 is 2.68 bits per heavy atom. The molecule has 0 unspecified atom stereocenters. The Balaban J connectivity index is 1.58. The molecule has 0 radical (unpaired) electrons. The molecule has 4 rings (SSSR count). The normalized spacial score (nSPS) is 15.0. The van der Waals surface area contributed by atoms with Crippen molar-refractivity contribution in [1.82, 2.24) is 19.4 Å². The van der Waals surface area contributed by atoms with E-state index in [1.165, 1.54) is 30.7 Å². The average Bonchev–Trinajstić information content (AvgIpc) is 2.87. The summed E-state index contributed by atoms with van der Waals surface area (Å²) in [5, 5.41) is 0.717. The van der Waals surface area contributed by atoms with Gasteiger partial charge >= 0.3 is 0 Å². The molecule has 0 atom stereocenters. The molecule has 1 saturated heterocycles. The molecule has 3 heterocycles. The van der Waals surface area contributed by atoms with Crippen molar-refractivity contribution in [3.63, 3.8) is 0 Å². The van der Waals surface area contributed by atoms with Gasteiger partial charge < -0.3 is 9.47 Å². The van der Waals surface area contributed by atoms with E-state index >= 15 is 0 Å². The molecule has 1 aliphatic heterocycles. The van der Waals surface area contributed by atoms with Crippen LogP contribution in [0.4, 0.5) is 4.39 Å². The van der Waals surface area contributed by atoms with Crippen LogP contribution in [0.5, 0.6) is 0 Å². The molecule has 0 spiro atoms. The summed E-state index contributed by atoms with van der Waals surface area (Å²) < 4.78 is 15.9. The Kier molecular flexibility index (Phi) is 5.90. The third-order valence-corrected chi connectivity index (χ3v) is 6.11. The monoisotopic (exact) mass is 398 g/mol. The van der Waals surface area contributed by atoms with Crippen molar-refractivity contribution in [1.29, 1.82) is 0 Å². The Hall–Kier alpha value is -2.41. The summed E-state index contributed by atoms with van der Waals surface area (Å²) in [6.07, 6.45) is 7.93. The SMILES string of the molecule is O=C(Cn1c(SCc2ccccc2F)nc2ccncc21)N1CCCCCC1. The van der Waals surface area contributed by atoms with Crippen LogP contribution in [0, 0.1) is 5.82 Å². The first-order valence-corrected chi connectivity index (χ1v) is 10.6. The first-order valence-electron chi connectivity index (χ1n) is 9.66. The van der Waals surface area contributed by atoms with E-state index in [1.54, 1.807) is 24.5 Å². The Labute approximate surface area is 168 Å². The molecule has 0 bridgehead atoms. The zero-order valence-electron chi connectivity index (χ0n) is 15.7. The summed E-state index contributed by atoms with van der Waals surface area (Å²) in [4.78, 5) is 23.8. The molecule has 5 nitrogen and oxygen atoms in total. The van der Waals surface area contributed by atoms with Crippen molar-refractivity contribution in [2.75, 3.05) is 13.1 Å². The summed E-state index contributed by atoms with van der Waals surface area (Å²) in [6, 6.07) is 8.60. The fourth-order valence-electron chi connectivity index (χ4n) is 3.52. The highest BCUT2D eigenvalue weighted by Crippen LogP contribution is 2.27. The molecular formula is C21H23FN4OS. The highest BCUT2D eigenvalue weighted by Gasteiger charge is 2.20. The zero-order valence-corrected chi connectivity index (χ0v) is 16.5. The van der Waals surface area contributed by atoms with Gasteiger partial charge in [0.05, 0.1) is 17.2 Å². The van der Waals surface area contributed by atoms with Crippen molar-refractivity contribution in [3.8, 4) is 0 Å². The smallest absolute Gasteiger partial charge is 0.242 e. The molecule has 0 saturated carbocycles. The highest BCUT2D eigenvalue weighted by atomic mass is 32.2. The highest BCUT2D eigenvalue weighted by molar-refractivity contribution is 7.98. The number of amides is 1. The predicted octanol–water partition coefficient (Wildman–Crippen LogP) is 4.27. The molecule has 2 aromatic heterocycles. The van der Waals surface area contributed by atoms with Crippen LogP contribution in [0.3, 0.4) is 0 Å². The Morgan fingerprint density at radius 1 is 1.11 bits per heavy atom. The van der Waals surface area contributed by atoms with E-state index in [-0.39, 0.29) is 18.3 Å². The van der Waals surface area contributed by atoms with Gasteiger partial charge in [0.25, 0.3) is 0 Å². The van der Waals surface area contributed by atoms with Gasteiger partial charge in [-0.1, -0.05) is 42.8 Å². The van der Waals surface area contributed by atoms with Crippen molar-refractivity contribution < 1.29 is 9.18 Å². The van der Waals surface area contributed by atoms with Crippen LogP contribution in [0.25, 0.3) is 11.0 Å². The minimum absolute atomic E-state index is 0.109. The molecule has 0 N–H and O–H groups in total.